The second-order valence-corrected chi connectivity index (χ2v) is 6.98. The van der Waals surface area contributed by atoms with E-state index >= 15 is 0 Å². The Morgan fingerprint density at radius 2 is 1.92 bits per heavy atom. The van der Waals surface area contributed by atoms with Crippen molar-refractivity contribution in [1.82, 2.24) is 19.7 Å². The van der Waals surface area contributed by atoms with Gasteiger partial charge in [-0.1, -0.05) is 35.9 Å². The van der Waals surface area contributed by atoms with Crippen LogP contribution in [0, 0.1) is 0 Å². The maximum Gasteiger partial charge on any atom is 0.167 e. The summed E-state index contributed by atoms with van der Waals surface area (Å²) in [6.07, 6.45) is 3.38. The summed E-state index contributed by atoms with van der Waals surface area (Å²) in [4.78, 5) is 8.79. The Morgan fingerprint density at radius 1 is 1.04 bits per heavy atom. The van der Waals surface area contributed by atoms with Crippen LogP contribution in [0.15, 0.2) is 72.1 Å². The number of hydrogen-bond donors (Lipinski definition) is 0. The average Bonchev–Trinajstić information content (AvgIpc) is 3.11. The second kappa shape index (κ2) is 7.76. The Balaban J connectivity index is 1.46. The van der Waals surface area contributed by atoms with Crippen LogP contribution in [-0.4, -0.2) is 32.1 Å². The Kier molecular flexibility index (Phi) is 5.04. The smallest absolute Gasteiger partial charge is 0.167 e. The summed E-state index contributed by atoms with van der Waals surface area (Å²) in [5.41, 5.74) is 1.77. The summed E-state index contributed by atoms with van der Waals surface area (Å²) in [5, 5.41) is 6.96. The van der Waals surface area contributed by atoms with Gasteiger partial charge < -0.3 is 4.74 Å². The van der Waals surface area contributed by atoms with Crippen LogP contribution < -0.4 is 4.74 Å². The van der Waals surface area contributed by atoms with E-state index in [-0.39, 0.29) is 0 Å². The van der Waals surface area contributed by atoms with Crippen LogP contribution >= 0.6 is 23.4 Å². The van der Waals surface area contributed by atoms with Crippen molar-refractivity contribution in [3.05, 3.63) is 72.1 Å². The largest absolute Gasteiger partial charge is 0.493 e. The van der Waals surface area contributed by atoms with Gasteiger partial charge in [0.25, 0.3) is 0 Å². The van der Waals surface area contributed by atoms with Crippen molar-refractivity contribution in [2.45, 2.75) is 5.03 Å². The summed E-state index contributed by atoms with van der Waals surface area (Å²) in [6, 6.07) is 17.3. The van der Waals surface area contributed by atoms with Crippen molar-refractivity contribution in [1.29, 1.82) is 0 Å². The minimum Gasteiger partial charge on any atom is -0.493 e. The lowest BCUT2D eigenvalue weighted by molar-refractivity contribution is 0.344. The average molecular weight is 383 g/mol. The molecule has 0 N–H and O–H groups in total. The summed E-state index contributed by atoms with van der Waals surface area (Å²) in [5.74, 6) is 1.53. The van der Waals surface area contributed by atoms with Crippen molar-refractivity contribution in [3.8, 4) is 11.4 Å². The number of rotatable bonds is 6. The second-order valence-electron chi connectivity index (χ2n) is 5.46. The molecule has 0 aliphatic heterocycles. The fraction of sp³-hybridized carbons (Fsp3) is 0.105. The van der Waals surface area contributed by atoms with Crippen LogP contribution in [0.4, 0.5) is 0 Å². The zero-order chi connectivity index (χ0) is 17.8. The number of hydrogen-bond acceptors (Lipinski definition) is 5. The Morgan fingerprint density at radius 3 is 2.77 bits per heavy atom. The van der Waals surface area contributed by atoms with Gasteiger partial charge in [0, 0.05) is 10.8 Å². The molecule has 0 aliphatic rings. The molecule has 0 atom stereocenters. The predicted octanol–water partition coefficient (Wildman–Crippen LogP) is 4.64. The van der Waals surface area contributed by atoms with Gasteiger partial charge in [-0.05, 0) is 30.3 Å². The highest BCUT2D eigenvalue weighted by Gasteiger charge is 2.11. The van der Waals surface area contributed by atoms with Crippen molar-refractivity contribution >= 4 is 34.4 Å². The zero-order valence-corrected chi connectivity index (χ0v) is 15.3. The van der Waals surface area contributed by atoms with Crippen LogP contribution in [0.25, 0.3) is 16.7 Å². The number of ether oxygens (including phenoxy) is 1. The van der Waals surface area contributed by atoms with Crippen LogP contribution in [0.5, 0.6) is 5.75 Å². The topological polar surface area (TPSA) is 52.8 Å². The van der Waals surface area contributed by atoms with E-state index in [1.54, 1.807) is 24.2 Å². The fourth-order valence-corrected chi connectivity index (χ4v) is 3.51. The minimum atomic E-state index is 0.559. The molecule has 2 aromatic heterocycles. The number of nitrogens with zero attached hydrogens (tertiary/aromatic N) is 4. The summed E-state index contributed by atoms with van der Waals surface area (Å²) >= 11 is 7.58. The van der Waals surface area contributed by atoms with E-state index in [0.29, 0.717) is 11.6 Å². The number of fused-ring (bicyclic) bond motifs is 1. The lowest BCUT2D eigenvalue weighted by Gasteiger charge is -2.06. The molecule has 0 radical (unpaired) electrons. The quantitative estimate of drug-likeness (QED) is 0.276. The van der Waals surface area contributed by atoms with E-state index in [2.05, 4.69) is 15.1 Å². The molecule has 0 aliphatic carbocycles. The molecule has 5 nitrogen and oxygen atoms in total. The van der Waals surface area contributed by atoms with Gasteiger partial charge in [-0.25, -0.2) is 14.6 Å². The fourth-order valence-electron chi connectivity index (χ4n) is 2.55. The maximum atomic E-state index is 5.96. The summed E-state index contributed by atoms with van der Waals surface area (Å²) in [6.45, 7) is 0.559. The summed E-state index contributed by atoms with van der Waals surface area (Å²) in [7, 11) is 0. The van der Waals surface area contributed by atoms with Gasteiger partial charge >= 0.3 is 0 Å². The highest BCUT2D eigenvalue weighted by Crippen LogP contribution is 2.26. The molecule has 7 heteroatoms. The number of benzene rings is 2. The molecule has 0 saturated heterocycles. The Hall–Kier alpha value is -2.57. The van der Waals surface area contributed by atoms with E-state index in [1.165, 1.54) is 0 Å². The minimum absolute atomic E-state index is 0.559. The Labute approximate surface area is 160 Å². The molecule has 2 aromatic carbocycles. The molecule has 0 unspecified atom stereocenters. The predicted molar refractivity (Wildman–Crippen MR) is 104 cm³/mol. The van der Waals surface area contributed by atoms with Crippen molar-refractivity contribution in [3.63, 3.8) is 0 Å². The SMILES string of the molecule is Clc1cccc(OCCSc2ncnc3c2cnn3-c2ccccc2)c1. The van der Waals surface area contributed by atoms with Gasteiger partial charge in [-0.2, -0.15) is 5.10 Å². The first kappa shape index (κ1) is 16.9. The molecule has 0 bridgehead atoms. The first-order chi connectivity index (χ1) is 12.8. The third kappa shape index (κ3) is 3.66. The number of halogens is 1. The maximum absolute atomic E-state index is 5.96. The van der Waals surface area contributed by atoms with Gasteiger partial charge in [0.05, 0.1) is 23.9 Å². The standard InChI is InChI=1S/C19H15ClN4OS/c20-14-5-4-8-16(11-14)25-9-10-26-19-17-12-23-24(18(17)21-13-22-19)15-6-2-1-3-7-15/h1-8,11-13H,9-10H2. The van der Waals surface area contributed by atoms with Crippen LogP contribution in [0.1, 0.15) is 0 Å². The summed E-state index contributed by atoms with van der Waals surface area (Å²) < 4.78 is 7.55. The highest BCUT2D eigenvalue weighted by atomic mass is 35.5. The van der Waals surface area contributed by atoms with Crippen molar-refractivity contribution in [2.24, 2.45) is 0 Å². The number of thioether (sulfide) groups is 1. The molecule has 130 valence electrons. The van der Waals surface area contributed by atoms with E-state index in [1.807, 2.05) is 59.4 Å². The van der Waals surface area contributed by atoms with Crippen LogP contribution in [0.2, 0.25) is 5.02 Å². The molecule has 26 heavy (non-hydrogen) atoms. The first-order valence-corrected chi connectivity index (χ1v) is 9.43. The lowest BCUT2D eigenvalue weighted by atomic mass is 10.3. The van der Waals surface area contributed by atoms with Crippen molar-refractivity contribution in [2.75, 3.05) is 12.4 Å². The van der Waals surface area contributed by atoms with Gasteiger partial charge in [0.15, 0.2) is 5.65 Å². The number of aromatic nitrogens is 4. The highest BCUT2D eigenvalue weighted by molar-refractivity contribution is 7.99. The van der Waals surface area contributed by atoms with E-state index < -0.39 is 0 Å². The molecule has 4 aromatic rings. The van der Waals surface area contributed by atoms with Gasteiger partial charge in [0.1, 0.15) is 17.1 Å². The van der Waals surface area contributed by atoms with Crippen molar-refractivity contribution < 1.29 is 4.74 Å². The van der Waals surface area contributed by atoms with Crippen LogP contribution in [-0.2, 0) is 0 Å². The first-order valence-electron chi connectivity index (χ1n) is 8.06. The Bertz CT molecular complexity index is 1020. The third-order valence-corrected chi connectivity index (χ3v) is 4.92. The molecule has 4 rings (SSSR count). The molecular weight excluding hydrogens is 368 g/mol. The zero-order valence-electron chi connectivity index (χ0n) is 13.7. The number of para-hydroxylation sites is 1. The normalized spacial score (nSPS) is 11.0. The lowest BCUT2D eigenvalue weighted by Crippen LogP contribution is -2.01. The molecular formula is C19H15ClN4OS. The molecule has 0 spiro atoms. The van der Waals surface area contributed by atoms with E-state index in [9.17, 15) is 0 Å². The third-order valence-electron chi connectivity index (χ3n) is 3.72. The van der Waals surface area contributed by atoms with Gasteiger partial charge in [-0.3, -0.25) is 0 Å². The molecule has 0 fully saturated rings. The molecule has 0 amide bonds. The monoisotopic (exact) mass is 382 g/mol. The molecule has 2 heterocycles. The van der Waals surface area contributed by atoms with E-state index in [0.717, 1.165) is 33.2 Å². The van der Waals surface area contributed by atoms with Gasteiger partial charge in [-0.15, -0.1) is 11.8 Å². The molecule has 0 saturated carbocycles. The van der Waals surface area contributed by atoms with E-state index in [4.69, 9.17) is 16.3 Å². The van der Waals surface area contributed by atoms with Crippen LogP contribution in [0.3, 0.4) is 0 Å². The van der Waals surface area contributed by atoms with Gasteiger partial charge in [0.2, 0.25) is 0 Å².